The minimum absolute atomic E-state index is 0.0571. The van der Waals surface area contributed by atoms with Crippen molar-refractivity contribution in [2.75, 3.05) is 18.4 Å². The summed E-state index contributed by atoms with van der Waals surface area (Å²) in [6.45, 7) is 2.32. The topological polar surface area (TPSA) is 91.4 Å². The first kappa shape index (κ1) is 21.3. The molecular weight excluding hydrogens is 412 g/mol. The number of carbonyl (C=O) groups is 3. The number of halogens is 1. The fraction of sp³-hybridized carbons (Fsp3) is 0.400. The van der Waals surface area contributed by atoms with Crippen LogP contribution >= 0.6 is 22.9 Å². The zero-order chi connectivity index (χ0) is 20.8. The largest absolute Gasteiger partial charge is 0.353 e. The molecule has 29 heavy (non-hydrogen) atoms. The standard InChI is InChI=1S/C20H23ClN4O3S/c1-2-9-25(19(28)13-3-5-14(21)6-4-13)11-18(27)24-20-23-16(12-29-20)10-17(26)22-15-7-8-15/h3-6,12,15H,2,7-11H2,1H3,(H,22,26)(H,23,24,27). The third-order valence-corrected chi connectivity index (χ3v) is 5.35. The Kier molecular flexibility index (Phi) is 7.22. The van der Waals surface area contributed by atoms with Gasteiger partial charge in [0.25, 0.3) is 5.91 Å². The van der Waals surface area contributed by atoms with E-state index in [0.29, 0.717) is 34.0 Å². The van der Waals surface area contributed by atoms with E-state index in [0.717, 1.165) is 19.3 Å². The number of benzene rings is 1. The van der Waals surface area contributed by atoms with Crippen molar-refractivity contribution in [2.24, 2.45) is 0 Å². The van der Waals surface area contributed by atoms with Crippen LogP contribution in [0.4, 0.5) is 5.13 Å². The number of hydrogen-bond acceptors (Lipinski definition) is 5. The average Bonchev–Trinajstić information content (AvgIpc) is 3.39. The van der Waals surface area contributed by atoms with Crippen LogP contribution in [0, 0.1) is 0 Å². The second-order valence-corrected chi connectivity index (χ2v) is 8.24. The highest BCUT2D eigenvalue weighted by atomic mass is 35.5. The Morgan fingerprint density at radius 3 is 2.59 bits per heavy atom. The van der Waals surface area contributed by atoms with Gasteiger partial charge in [-0.1, -0.05) is 18.5 Å². The van der Waals surface area contributed by atoms with Gasteiger partial charge in [0.05, 0.1) is 12.1 Å². The van der Waals surface area contributed by atoms with Gasteiger partial charge in [-0.05, 0) is 43.5 Å². The van der Waals surface area contributed by atoms with Gasteiger partial charge < -0.3 is 15.5 Å². The highest BCUT2D eigenvalue weighted by Gasteiger charge is 2.23. The number of nitrogens with zero attached hydrogens (tertiary/aromatic N) is 2. The number of aromatic nitrogens is 1. The van der Waals surface area contributed by atoms with Gasteiger partial charge >= 0.3 is 0 Å². The molecule has 3 amide bonds. The summed E-state index contributed by atoms with van der Waals surface area (Å²) < 4.78 is 0. The lowest BCUT2D eigenvalue weighted by Gasteiger charge is -2.21. The monoisotopic (exact) mass is 434 g/mol. The van der Waals surface area contributed by atoms with E-state index in [1.165, 1.54) is 16.2 Å². The summed E-state index contributed by atoms with van der Waals surface area (Å²) in [7, 11) is 0. The molecule has 0 spiro atoms. The lowest BCUT2D eigenvalue weighted by atomic mass is 10.2. The highest BCUT2D eigenvalue weighted by molar-refractivity contribution is 7.13. The van der Waals surface area contributed by atoms with Crippen molar-refractivity contribution in [3.05, 3.63) is 45.9 Å². The van der Waals surface area contributed by atoms with Crippen molar-refractivity contribution >= 4 is 45.8 Å². The second-order valence-electron chi connectivity index (χ2n) is 6.94. The molecule has 0 radical (unpaired) electrons. The van der Waals surface area contributed by atoms with Crippen LogP contribution in [-0.2, 0) is 16.0 Å². The SMILES string of the molecule is CCCN(CC(=O)Nc1nc(CC(=O)NC2CC2)cs1)C(=O)c1ccc(Cl)cc1. The van der Waals surface area contributed by atoms with Gasteiger partial charge in [-0.15, -0.1) is 11.3 Å². The van der Waals surface area contributed by atoms with Gasteiger partial charge in [0.2, 0.25) is 11.8 Å². The minimum atomic E-state index is -0.330. The first-order valence-corrected chi connectivity index (χ1v) is 10.8. The molecule has 1 heterocycles. The van der Waals surface area contributed by atoms with Crippen molar-refractivity contribution in [1.29, 1.82) is 0 Å². The summed E-state index contributed by atoms with van der Waals surface area (Å²) in [5.74, 6) is -0.613. The molecular formula is C20H23ClN4O3S. The summed E-state index contributed by atoms with van der Waals surface area (Å²) in [5.41, 5.74) is 1.10. The molecule has 1 aliphatic carbocycles. The van der Waals surface area contributed by atoms with E-state index in [2.05, 4.69) is 15.6 Å². The van der Waals surface area contributed by atoms with Crippen LogP contribution < -0.4 is 10.6 Å². The fourth-order valence-electron chi connectivity index (χ4n) is 2.75. The summed E-state index contributed by atoms with van der Waals surface area (Å²) in [5, 5.41) is 8.34. The van der Waals surface area contributed by atoms with Gasteiger partial charge in [0.15, 0.2) is 5.13 Å². The van der Waals surface area contributed by atoms with E-state index in [9.17, 15) is 14.4 Å². The molecule has 1 aliphatic rings. The van der Waals surface area contributed by atoms with Crippen molar-refractivity contribution in [3.8, 4) is 0 Å². The highest BCUT2D eigenvalue weighted by Crippen LogP contribution is 2.20. The number of anilines is 1. The summed E-state index contributed by atoms with van der Waals surface area (Å²) >= 11 is 7.13. The lowest BCUT2D eigenvalue weighted by molar-refractivity contribution is -0.120. The quantitative estimate of drug-likeness (QED) is 0.634. The van der Waals surface area contributed by atoms with E-state index >= 15 is 0 Å². The summed E-state index contributed by atoms with van der Waals surface area (Å²) in [6, 6.07) is 6.89. The van der Waals surface area contributed by atoms with E-state index in [-0.39, 0.29) is 30.7 Å². The molecule has 0 bridgehead atoms. The first-order valence-electron chi connectivity index (χ1n) is 9.53. The van der Waals surface area contributed by atoms with Crippen molar-refractivity contribution in [1.82, 2.24) is 15.2 Å². The molecule has 1 aromatic carbocycles. The maximum absolute atomic E-state index is 12.7. The van der Waals surface area contributed by atoms with Gasteiger partial charge in [-0.2, -0.15) is 0 Å². The van der Waals surface area contributed by atoms with Crippen LogP contribution in [0.25, 0.3) is 0 Å². The van der Waals surface area contributed by atoms with Gasteiger partial charge in [0.1, 0.15) is 6.54 Å². The Balaban J connectivity index is 1.55. The molecule has 0 unspecified atom stereocenters. The van der Waals surface area contributed by atoms with Gasteiger partial charge in [0, 0.05) is 28.6 Å². The number of nitrogens with one attached hydrogen (secondary N) is 2. The Labute approximate surface area is 178 Å². The minimum Gasteiger partial charge on any atom is -0.353 e. The van der Waals surface area contributed by atoms with Gasteiger partial charge in [-0.3, -0.25) is 14.4 Å². The molecule has 7 nitrogen and oxygen atoms in total. The number of amides is 3. The molecule has 0 aliphatic heterocycles. The Morgan fingerprint density at radius 1 is 1.21 bits per heavy atom. The number of thiazole rings is 1. The maximum atomic E-state index is 12.7. The fourth-order valence-corrected chi connectivity index (χ4v) is 3.60. The van der Waals surface area contributed by atoms with E-state index in [4.69, 9.17) is 11.6 Å². The molecule has 3 rings (SSSR count). The molecule has 2 N–H and O–H groups in total. The molecule has 1 aromatic heterocycles. The molecule has 154 valence electrons. The zero-order valence-corrected chi connectivity index (χ0v) is 17.7. The van der Waals surface area contributed by atoms with Crippen LogP contribution in [0.1, 0.15) is 42.2 Å². The van der Waals surface area contributed by atoms with E-state index in [1.807, 2.05) is 6.92 Å². The van der Waals surface area contributed by atoms with Crippen LogP contribution in [0.5, 0.6) is 0 Å². The molecule has 1 fully saturated rings. The average molecular weight is 435 g/mol. The maximum Gasteiger partial charge on any atom is 0.254 e. The second kappa shape index (κ2) is 9.84. The molecule has 2 aromatic rings. The molecule has 1 saturated carbocycles. The zero-order valence-electron chi connectivity index (χ0n) is 16.1. The lowest BCUT2D eigenvalue weighted by Crippen LogP contribution is -2.38. The third-order valence-electron chi connectivity index (χ3n) is 4.29. The van der Waals surface area contributed by atoms with Crippen LogP contribution in [-0.4, -0.2) is 46.7 Å². The molecule has 0 saturated heterocycles. The van der Waals surface area contributed by atoms with E-state index in [1.54, 1.807) is 29.6 Å². The van der Waals surface area contributed by atoms with Crippen molar-refractivity contribution in [3.63, 3.8) is 0 Å². The molecule has 0 atom stereocenters. The number of hydrogen-bond donors (Lipinski definition) is 2. The predicted molar refractivity (Wildman–Crippen MR) is 113 cm³/mol. The predicted octanol–water partition coefficient (Wildman–Crippen LogP) is 3.11. The van der Waals surface area contributed by atoms with Crippen LogP contribution in [0.2, 0.25) is 5.02 Å². The van der Waals surface area contributed by atoms with Crippen LogP contribution in [0.3, 0.4) is 0 Å². The number of carbonyl (C=O) groups excluding carboxylic acids is 3. The molecule has 9 heteroatoms. The summed E-state index contributed by atoms with van der Waals surface area (Å²) in [4.78, 5) is 42.8. The van der Waals surface area contributed by atoms with Gasteiger partial charge in [-0.25, -0.2) is 4.98 Å². The van der Waals surface area contributed by atoms with Crippen molar-refractivity contribution < 1.29 is 14.4 Å². The normalized spacial score (nSPS) is 13.0. The Hall–Kier alpha value is -2.45. The summed E-state index contributed by atoms with van der Waals surface area (Å²) in [6.07, 6.45) is 2.99. The van der Waals surface area contributed by atoms with Crippen LogP contribution in [0.15, 0.2) is 29.6 Å². The third kappa shape index (κ3) is 6.54. The first-order chi connectivity index (χ1) is 13.9. The number of rotatable bonds is 9. The van der Waals surface area contributed by atoms with E-state index < -0.39 is 0 Å². The Bertz CT molecular complexity index is 880. The Morgan fingerprint density at radius 2 is 1.93 bits per heavy atom. The smallest absolute Gasteiger partial charge is 0.254 e. The van der Waals surface area contributed by atoms with Crippen molar-refractivity contribution in [2.45, 2.75) is 38.6 Å².